The number of imidazole rings is 1. The lowest BCUT2D eigenvalue weighted by molar-refractivity contribution is -0.384. The van der Waals surface area contributed by atoms with Gasteiger partial charge in [0.1, 0.15) is 5.82 Å². The van der Waals surface area contributed by atoms with Crippen molar-refractivity contribution in [2.75, 3.05) is 5.73 Å². The SMILES string of the molecule is Nc1ccccc1Cn1ccnc1Cc1ccc([N+](=O)[O-])cc1. The quantitative estimate of drug-likeness (QED) is 0.446. The number of benzene rings is 2. The molecule has 0 fully saturated rings. The van der Waals surface area contributed by atoms with Crippen LogP contribution in [0.15, 0.2) is 60.9 Å². The van der Waals surface area contributed by atoms with Gasteiger partial charge in [0.05, 0.1) is 11.5 Å². The minimum Gasteiger partial charge on any atom is -0.398 e. The topological polar surface area (TPSA) is 87.0 Å². The zero-order chi connectivity index (χ0) is 16.2. The van der Waals surface area contributed by atoms with Crippen molar-refractivity contribution in [3.8, 4) is 0 Å². The van der Waals surface area contributed by atoms with Gasteiger partial charge in [0, 0.05) is 36.6 Å². The fraction of sp³-hybridized carbons (Fsp3) is 0.118. The van der Waals surface area contributed by atoms with Gasteiger partial charge in [0.25, 0.3) is 5.69 Å². The molecule has 0 unspecified atom stereocenters. The molecule has 0 aliphatic carbocycles. The number of para-hydroxylation sites is 1. The molecule has 0 bridgehead atoms. The summed E-state index contributed by atoms with van der Waals surface area (Å²) in [5.74, 6) is 0.891. The van der Waals surface area contributed by atoms with Gasteiger partial charge in [-0.15, -0.1) is 0 Å². The van der Waals surface area contributed by atoms with Crippen molar-refractivity contribution < 1.29 is 4.92 Å². The first-order chi connectivity index (χ1) is 11.1. The molecule has 0 atom stereocenters. The molecule has 23 heavy (non-hydrogen) atoms. The first-order valence-electron chi connectivity index (χ1n) is 7.20. The second-order valence-electron chi connectivity index (χ2n) is 5.27. The third kappa shape index (κ3) is 3.37. The molecule has 6 heteroatoms. The van der Waals surface area contributed by atoms with Crippen molar-refractivity contribution in [1.82, 2.24) is 9.55 Å². The summed E-state index contributed by atoms with van der Waals surface area (Å²) in [5.41, 5.74) is 8.84. The molecule has 0 saturated heterocycles. The van der Waals surface area contributed by atoms with Crippen LogP contribution in [-0.4, -0.2) is 14.5 Å². The maximum absolute atomic E-state index is 10.7. The zero-order valence-electron chi connectivity index (χ0n) is 12.4. The Labute approximate surface area is 133 Å². The summed E-state index contributed by atoms with van der Waals surface area (Å²) >= 11 is 0. The van der Waals surface area contributed by atoms with Crippen LogP contribution in [0.5, 0.6) is 0 Å². The van der Waals surface area contributed by atoms with Crippen molar-refractivity contribution in [2.45, 2.75) is 13.0 Å². The van der Waals surface area contributed by atoms with Crippen LogP contribution in [0, 0.1) is 10.1 Å². The van der Waals surface area contributed by atoms with Crippen molar-refractivity contribution in [3.63, 3.8) is 0 Å². The third-order valence-electron chi connectivity index (χ3n) is 3.71. The van der Waals surface area contributed by atoms with E-state index in [1.807, 2.05) is 35.0 Å². The highest BCUT2D eigenvalue weighted by atomic mass is 16.6. The Morgan fingerprint density at radius 3 is 2.57 bits per heavy atom. The minimum atomic E-state index is -0.400. The average Bonchev–Trinajstić information content (AvgIpc) is 2.97. The van der Waals surface area contributed by atoms with Crippen LogP contribution < -0.4 is 5.73 Å². The normalized spacial score (nSPS) is 10.6. The van der Waals surface area contributed by atoms with Crippen molar-refractivity contribution in [3.05, 3.63) is 88.0 Å². The van der Waals surface area contributed by atoms with Crippen LogP contribution in [0.25, 0.3) is 0 Å². The van der Waals surface area contributed by atoms with E-state index in [0.717, 1.165) is 22.6 Å². The second kappa shape index (κ2) is 6.31. The van der Waals surface area contributed by atoms with Gasteiger partial charge in [0.2, 0.25) is 0 Å². The predicted molar refractivity (Wildman–Crippen MR) is 88.1 cm³/mol. The molecule has 0 amide bonds. The van der Waals surface area contributed by atoms with E-state index in [1.54, 1.807) is 18.3 Å². The molecular formula is C17H16N4O2. The molecule has 1 heterocycles. The third-order valence-corrected chi connectivity index (χ3v) is 3.71. The Kier molecular flexibility index (Phi) is 4.05. The molecular weight excluding hydrogens is 292 g/mol. The van der Waals surface area contributed by atoms with Gasteiger partial charge in [0.15, 0.2) is 0 Å². The molecule has 0 radical (unpaired) electrons. The van der Waals surface area contributed by atoms with Gasteiger partial charge in [-0.25, -0.2) is 4.98 Å². The smallest absolute Gasteiger partial charge is 0.269 e. The van der Waals surface area contributed by atoms with Gasteiger partial charge in [-0.3, -0.25) is 10.1 Å². The fourth-order valence-electron chi connectivity index (χ4n) is 2.43. The molecule has 3 rings (SSSR count). The number of hydrogen-bond acceptors (Lipinski definition) is 4. The minimum absolute atomic E-state index is 0.0918. The lowest BCUT2D eigenvalue weighted by Crippen LogP contribution is -2.07. The van der Waals surface area contributed by atoms with E-state index in [0.29, 0.717) is 13.0 Å². The fourth-order valence-corrected chi connectivity index (χ4v) is 2.43. The summed E-state index contributed by atoms with van der Waals surface area (Å²) in [6.45, 7) is 0.648. The number of rotatable bonds is 5. The number of nitro groups is 1. The molecule has 1 aromatic heterocycles. The van der Waals surface area contributed by atoms with E-state index in [9.17, 15) is 10.1 Å². The van der Waals surface area contributed by atoms with E-state index in [-0.39, 0.29) is 5.69 Å². The summed E-state index contributed by atoms with van der Waals surface area (Å²) in [5, 5.41) is 10.7. The standard InChI is InChI=1S/C17H16N4O2/c18-16-4-2-1-3-14(16)12-20-10-9-19-17(20)11-13-5-7-15(8-6-13)21(22)23/h1-10H,11-12,18H2. The van der Waals surface area contributed by atoms with Crippen molar-refractivity contribution in [2.24, 2.45) is 0 Å². The number of nitrogens with zero attached hydrogens (tertiary/aromatic N) is 3. The van der Waals surface area contributed by atoms with Crippen LogP contribution in [0.4, 0.5) is 11.4 Å². The predicted octanol–water partition coefficient (Wildman–Crippen LogP) is 3.01. The van der Waals surface area contributed by atoms with E-state index >= 15 is 0 Å². The van der Waals surface area contributed by atoms with Crippen LogP contribution >= 0.6 is 0 Å². The summed E-state index contributed by atoms with van der Waals surface area (Å²) < 4.78 is 2.03. The maximum Gasteiger partial charge on any atom is 0.269 e. The highest BCUT2D eigenvalue weighted by Crippen LogP contribution is 2.17. The van der Waals surface area contributed by atoms with E-state index in [1.165, 1.54) is 12.1 Å². The number of anilines is 1. The zero-order valence-corrected chi connectivity index (χ0v) is 12.4. The maximum atomic E-state index is 10.7. The number of hydrogen-bond donors (Lipinski definition) is 1. The molecule has 0 aliphatic rings. The van der Waals surface area contributed by atoms with Gasteiger partial charge >= 0.3 is 0 Å². The van der Waals surface area contributed by atoms with Crippen LogP contribution in [-0.2, 0) is 13.0 Å². The second-order valence-corrected chi connectivity index (χ2v) is 5.27. The number of non-ortho nitro benzene ring substituents is 1. The Hall–Kier alpha value is -3.15. The molecule has 3 aromatic rings. The van der Waals surface area contributed by atoms with E-state index in [2.05, 4.69) is 4.98 Å². The number of nitrogens with two attached hydrogens (primary N) is 1. The van der Waals surface area contributed by atoms with Gasteiger partial charge in [-0.2, -0.15) is 0 Å². The first kappa shape index (κ1) is 14.8. The molecule has 0 aliphatic heterocycles. The Morgan fingerprint density at radius 2 is 1.87 bits per heavy atom. The summed E-state index contributed by atoms with van der Waals surface area (Å²) in [4.78, 5) is 14.7. The molecule has 2 N–H and O–H groups in total. The van der Waals surface area contributed by atoms with E-state index in [4.69, 9.17) is 5.73 Å². The van der Waals surface area contributed by atoms with Gasteiger partial charge < -0.3 is 10.3 Å². The highest BCUT2D eigenvalue weighted by Gasteiger charge is 2.08. The van der Waals surface area contributed by atoms with Crippen LogP contribution in [0.1, 0.15) is 17.0 Å². The molecule has 2 aromatic carbocycles. The number of nitrogen functional groups attached to an aromatic ring is 1. The number of nitro benzene ring substituents is 1. The van der Waals surface area contributed by atoms with Crippen molar-refractivity contribution in [1.29, 1.82) is 0 Å². The van der Waals surface area contributed by atoms with Gasteiger partial charge in [-0.1, -0.05) is 30.3 Å². The Bertz CT molecular complexity index is 825. The van der Waals surface area contributed by atoms with Crippen LogP contribution in [0.3, 0.4) is 0 Å². The Balaban J connectivity index is 1.78. The monoisotopic (exact) mass is 308 g/mol. The number of aromatic nitrogens is 2. The lowest BCUT2D eigenvalue weighted by Gasteiger charge is -2.10. The average molecular weight is 308 g/mol. The molecule has 6 nitrogen and oxygen atoms in total. The molecule has 116 valence electrons. The summed E-state index contributed by atoms with van der Waals surface area (Å²) in [6, 6.07) is 14.3. The van der Waals surface area contributed by atoms with Crippen LogP contribution in [0.2, 0.25) is 0 Å². The van der Waals surface area contributed by atoms with Crippen molar-refractivity contribution >= 4 is 11.4 Å². The highest BCUT2D eigenvalue weighted by molar-refractivity contribution is 5.46. The lowest BCUT2D eigenvalue weighted by atomic mass is 10.1. The van der Waals surface area contributed by atoms with E-state index < -0.39 is 4.92 Å². The summed E-state index contributed by atoms with van der Waals surface area (Å²) in [6.07, 6.45) is 4.27. The van der Waals surface area contributed by atoms with Gasteiger partial charge in [-0.05, 0) is 17.2 Å². The largest absolute Gasteiger partial charge is 0.398 e. The molecule has 0 saturated carbocycles. The molecule has 0 spiro atoms. The summed E-state index contributed by atoms with van der Waals surface area (Å²) in [7, 11) is 0. The first-order valence-corrected chi connectivity index (χ1v) is 7.20. The Morgan fingerprint density at radius 1 is 1.13 bits per heavy atom.